The minimum Gasteiger partial charge on any atom is -0.373 e. The van der Waals surface area contributed by atoms with Gasteiger partial charge >= 0.3 is 0 Å². The summed E-state index contributed by atoms with van der Waals surface area (Å²) in [5, 5.41) is 3.49. The van der Waals surface area contributed by atoms with Crippen LogP contribution in [0.4, 0.5) is 0 Å². The summed E-state index contributed by atoms with van der Waals surface area (Å²) in [6.07, 6.45) is 13.0. The van der Waals surface area contributed by atoms with Crippen LogP contribution in [0.15, 0.2) is 0 Å². The summed E-state index contributed by atoms with van der Waals surface area (Å²) in [5.74, 6) is 1.77. The van der Waals surface area contributed by atoms with Crippen molar-refractivity contribution in [3.8, 4) is 0 Å². The Bertz CT molecular complexity index is 256. The fraction of sp³-hybridized carbons (Fsp3) is 1.00. The van der Waals surface area contributed by atoms with Crippen LogP contribution in [0.3, 0.4) is 0 Å². The monoisotopic (exact) mass is 267 g/mol. The average molecular weight is 267 g/mol. The fourth-order valence-electron chi connectivity index (χ4n) is 4.11. The highest BCUT2D eigenvalue weighted by atomic mass is 16.5. The highest BCUT2D eigenvalue weighted by Crippen LogP contribution is 2.33. The third-order valence-electron chi connectivity index (χ3n) is 5.22. The molecular weight excluding hydrogens is 234 g/mol. The standard InChI is InChI=1S/C17H33NO/c1-4-6-14-9-10-16(18-3)17(12-14)19-15-8-5-7-13(2)11-15/h13-18H,4-12H2,1-3H3. The molecule has 5 unspecified atom stereocenters. The van der Waals surface area contributed by atoms with E-state index in [1.807, 2.05) is 0 Å². The number of hydrogen-bond acceptors (Lipinski definition) is 2. The Morgan fingerprint density at radius 2 is 1.95 bits per heavy atom. The zero-order valence-corrected chi connectivity index (χ0v) is 13.2. The first-order valence-electron chi connectivity index (χ1n) is 8.55. The third kappa shape index (κ3) is 4.46. The first-order chi connectivity index (χ1) is 9.22. The predicted molar refractivity (Wildman–Crippen MR) is 81.4 cm³/mol. The van der Waals surface area contributed by atoms with Crippen molar-refractivity contribution < 1.29 is 4.74 Å². The van der Waals surface area contributed by atoms with Crippen molar-refractivity contribution in [3.63, 3.8) is 0 Å². The molecule has 0 aromatic carbocycles. The summed E-state index contributed by atoms with van der Waals surface area (Å²) in [7, 11) is 2.10. The van der Waals surface area contributed by atoms with Gasteiger partial charge in [-0.2, -0.15) is 0 Å². The van der Waals surface area contributed by atoms with E-state index in [1.165, 1.54) is 57.8 Å². The largest absolute Gasteiger partial charge is 0.373 e. The molecule has 112 valence electrons. The van der Waals surface area contributed by atoms with Crippen LogP contribution in [0.25, 0.3) is 0 Å². The minimum absolute atomic E-state index is 0.464. The molecule has 2 heteroatoms. The zero-order valence-electron chi connectivity index (χ0n) is 13.2. The second-order valence-corrected chi connectivity index (χ2v) is 6.93. The molecule has 0 bridgehead atoms. The van der Waals surface area contributed by atoms with Crippen molar-refractivity contribution in [1.29, 1.82) is 0 Å². The molecule has 0 saturated heterocycles. The molecule has 19 heavy (non-hydrogen) atoms. The molecule has 0 heterocycles. The number of rotatable bonds is 5. The maximum Gasteiger partial charge on any atom is 0.0734 e. The molecule has 0 aliphatic heterocycles. The molecule has 2 rings (SSSR count). The van der Waals surface area contributed by atoms with Gasteiger partial charge in [-0.25, -0.2) is 0 Å². The Kier molecular flexibility index (Phi) is 6.15. The molecule has 1 N–H and O–H groups in total. The van der Waals surface area contributed by atoms with Gasteiger partial charge in [0, 0.05) is 6.04 Å². The van der Waals surface area contributed by atoms with Gasteiger partial charge in [-0.3, -0.25) is 0 Å². The van der Waals surface area contributed by atoms with Crippen LogP contribution in [0.1, 0.15) is 71.6 Å². The molecule has 2 nitrogen and oxygen atoms in total. The predicted octanol–water partition coefficient (Wildman–Crippen LogP) is 4.14. The molecule has 0 amide bonds. The summed E-state index contributed by atoms with van der Waals surface area (Å²) in [5.41, 5.74) is 0. The van der Waals surface area contributed by atoms with Crippen LogP contribution < -0.4 is 5.32 Å². The van der Waals surface area contributed by atoms with Gasteiger partial charge in [0.05, 0.1) is 12.2 Å². The first kappa shape index (κ1) is 15.3. The highest BCUT2D eigenvalue weighted by Gasteiger charge is 2.32. The Morgan fingerprint density at radius 3 is 2.63 bits per heavy atom. The maximum atomic E-state index is 6.52. The highest BCUT2D eigenvalue weighted by molar-refractivity contribution is 4.86. The second-order valence-electron chi connectivity index (χ2n) is 6.93. The Balaban J connectivity index is 1.86. The lowest BCUT2D eigenvalue weighted by molar-refractivity contribution is -0.0755. The van der Waals surface area contributed by atoms with E-state index in [0.29, 0.717) is 18.2 Å². The van der Waals surface area contributed by atoms with Crippen LogP contribution in [0, 0.1) is 11.8 Å². The number of ether oxygens (including phenoxy) is 1. The third-order valence-corrected chi connectivity index (χ3v) is 5.22. The summed E-state index contributed by atoms with van der Waals surface area (Å²) >= 11 is 0. The van der Waals surface area contributed by atoms with Crippen LogP contribution >= 0.6 is 0 Å². The first-order valence-corrected chi connectivity index (χ1v) is 8.55. The summed E-state index contributed by atoms with van der Waals surface area (Å²) in [6, 6.07) is 0.588. The Morgan fingerprint density at radius 1 is 1.11 bits per heavy atom. The van der Waals surface area contributed by atoms with E-state index in [4.69, 9.17) is 4.74 Å². The van der Waals surface area contributed by atoms with Crippen molar-refractivity contribution >= 4 is 0 Å². The van der Waals surface area contributed by atoms with E-state index in [9.17, 15) is 0 Å². The van der Waals surface area contributed by atoms with Gasteiger partial charge in [-0.15, -0.1) is 0 Å². The fourth-order valence-corrected chi connectivity index (χ4v) is 4.11. The Hall–Kier alpha value is -0.0800. The van der Waals surface area contributed by atoms with E-state index in [-0.39, 0.29) is 0 Å². The lowest BCUT2D eigenvalue weighted by Gasteiger charge is -2.39. The average Bonchev–Trinajstić information content (AvgIpc) is 2.39. The Labute approximate surface area is 119 Å². The summed E-state index contributed by atoms with van der Waals surface area (Å²) < 4.78 is 6.52. The van der Waals surface area contributed by atoms with Gasteiger partial charge in [0.25, 0.3) is 0 Å². The van der Waals surface area contributed by atoms with Gasteiger partial charge in [0.1, 0.15) is 0 Å². The molecule has 0 spiro atoms. The molecule has 0 aromatic heterocycles. The molecule has 2 fully saturated rings. The number of hydrogen-bond donors (Lipinski definition) is 1. The lowest BCUT2D eigenvalue weighted by atomic mass is 9.81. The zero-order chi connectivity index (χ0) is 13.7. The molecule has 2 aliphatic rings. The van der Waals surface area contributed by atoms with E-state index in [2.05, 4.69) is 26.2 Å². The van der Waals surface area contributed by atoms with Crippen molar-refractivity contribution in [1.82, 2.24) is 5.32 Å². The molecule has 0 aromatic rings. The van der Waals surface area contributed by atoms with Crippen LogP contribution in [0.5, 0.6) is 0 Å². The van der Waals surface area contributed by atoms with Crippen LogP contribution in [0.2, 0.25) is 0 Å². The van der Waals surface area contributed by atoms with Gasteiger partial charge in [0.15, 0.2) is 0 Å². The SMILES string of the molecule is CCCC1CCC(NC)C(OC2CCCC(C)C2)C1. The maximum absolute atomic E-state index is 6.52. The summed E-state index contributed by atoms with van der Waals surface area (Å²) in [4.78, 5) is 0. The van der Waals surface area contributed by atoms with E-state index in [0.717, 1.165) is 11.8 Å². The molecule has 2 saturated carbocycles. The number of nitrogens with one attached hydrogen (secondary N) is 1. The van der Waals surface area contributed by atoms with E-state index >= 15 is 0 Å². The number of likely N-dealkylation sites (N-methyl/N-ethyl adjacent to an activating group) is 1. The second kappa shape index (κ2) is 7.64. The topological polar surface area (TPSA) is 21.3 Å². The summed E-state index contributed by atoms with van der Waals surface area (Å²) in [6.45, 7) is 4.69. The van der Waals surface area contributed by atoms with Crippen LogP contribution in [-0.4, -0.2) is 25.3 Å². The van der Waals surface area contributed by atoms with Gasteiger partial charge in [-0.05, 0) is 51.0 Å². The smallest absolute Gasteiger partial charge is 0.0734 e. The lowest BCUT2D eigenvalue weighted by Crippen LogP contribution is -2.46. The van der Waals surface area contributed by atoms with Gasteiger partial charge < -0.3 is 10.1 Å². The molecule has 5 atom stereocenters. The molecular formula is C17H33NO. The van der Waals surface area contributed by atoms with Crippen molar-refractivity contribution in [3.05, 3.63) is 0 Å². The van der Waals surface area contributed by atoms with E-state index < -0.39 is 0 Å². The van der Waals surface area contributed by atoms with Crippen molar-refractivity contribution in [2.75, 3.05) is 7.05 Å². The van der Waals surface area contributed by atoms with Crippen molar-refractivity contribution in [2.45, 2.75) is 89.9 Å². The van der Waals surface area contributed by atoms with E-state index in [1.54, 1.807) is 0 Å². The van der Waals surface area contributed by atoms with Crippen LogP contribution in [-0.2, 0) is 4.74 Å². The quantitative estimate of drug-likeness (QED) is 0.808. The molecule has 0 radical (unpaired) electrons. The van der Waals surface area contributed by atoms with Gasteiger partial charge in [0.2, 0.25) is 0 Å². The normalized spacial score (nSPS) is 40.3. The van der Waals surface area contributed by atoms with Crippen molar-refractivity contribution in [2.24, 2.45) is 11.8 Å². The minimum atomic E-state index is 0.464. The molecule has 2 aliphatic carbocycles. The van der Waals surface area contributed by atoms with Gasteiger partial charge in [-0.1, -0.05) is 39.5 Å².